The summed E-state index contributed by atoms with van der Waals surface area (Å²) in [6.45, 7) is 1.53. The number of carbonyl (C=O) groups is 1. The minimum absolute atomic E-state index is 0.0109. The molecule has 1 amide bonds. The van der Waals surface area contributed by atoms with Gasteiger partial charge in [0.05, 0.1) is 24.7 Å². The number of anilines is 2. The first-order valence-electron chi connectivity index (χ1n) is 7.60. The molecule has 0 bridgehead atoms. The zero-order valence-corrected chi connectivity index (χ0v) is 13.1. The van der Waals surface area contributed by atoms with Crippen molar-refractivity contribution in [3.63, 3.8) is 0 Å². The van der Waals surface area contributed by atoms with E-state index in [-0.39, 0.29) is 12.5 Å². The number of hydrogen-bond acceptors (Lipinski definition) is 6. The number of carbonyl (C=O) groups excluding carboxylic acids is 1. The summed E-state index contributed by atoms with van der Waals surface area (Å²) >= 11 is 0. The number of H-pyrrole nitrogens is 1. The minimum atomic E-state index is 0.0109. The van der Waals surface area contributed by atoms with Gasteiger partial charge in [-0.05, 0) is 12.1 Å². The number of pyridine rings is 1. The van der Waals surface area contributed by atoms with Gasteiger partial charge in [-0.25, -0.2) is 15.0 Å². The number of amides is 1. The molecule has 1 aliphatic heterocycles. The van der Waals surface area contributed by atoms with Gasteiger partial charge in [0.1, 0.15) is 17.8 Å². The van der Waals surface area contributed by atoms with Gasteiger partial charge in [-0.1, -0.05) is 0 Å². The van der Waals surface area contributed by atoms with E-state index in [1.54, 1.807) is 24.3 Å². The summed E-state index contributed by atoms with van der Waals surface area (Å²) in [4.78, 5) is 32.0. The summed E-state index contributed by atoms with van der Waals surface area (Å²) < 4.78 is 5.13. The number of fused-ring (bicyclic) bond motifs is 1. The maximum Gasteiger partial charge on any atom is 0.246 e. The predicted octanol–water partition coefficient (Wildman–Crippen LogP) is 1.21. The van der Waals surface area contributed by atoms with Crippen molar-refractivity contribution < 1.29 is 9.53 Å². The van der Waals surface area contributed by atoms with Gasteiger partial charge in [0, 0.05) is 31.5 Å². The van der Waals surface area contributed by atoms with E-state index in [4.69, 9.17) is 4.74 Å². The number of ether oxygens (including phenoxy) is 1. The van der Waals surface area contributed by atoms with Crippen molar-refractivity contribution in [2.45, 2.75) is 0 Å². The molecule has 0 unspecified atom stereocenters. The summed E-state index contributed by atoms with van der Waals surface area (Å²) in [7, 11) is 1.56. The molecular weight excluding hydrogens is 308 g/mol. The lowest BCUT2D eigenvalue weighted by Gasteiger charge is -2.35. The molecule has 1 fully saturated rings. The summed E-state index contributed by atoms with van der Waals surface area (Å²) in [5.74, 6) is 1.28. The number of rotatable bonds is 3. The zero-order chi connectivity index (χ0) is 16.5. The molecule has 8 nitrogen and oxygen atoms in total. The number of aromatic nitrogens is 4. The van der Waals surface area contributed by atoms with Crippen LogP contribution in [0.25, 0.3) is 11.0 Å². The van der Waals surface area contributed by atoms with Crippen molar-refractivity contribution >= 4 is 28.4 Å². The first kappa shape index (κ1) is 14.4. The fourth-order valence-electron chi connectivity index (χ4n) is 2.92. The van der Waals surface area contributed by atoms with Crippen LogP contribution in [0.4, 0.5) is 11.5 Å². The molecule has 122 valence electrons. The van der Waals surface area contributed by atoms with Gasteiger partial charge in [0.2, 0.25) is 11.8 Å². The number of methoxy groups -OCH3 is 1. The highest BCUT2D eigenvalue weighted by molar-refractivity contribution is 5.99. The summed E-state index contributed by atoms with van der Waals surface area (Å²) in [6, 6.07) is 5.50. The molecule has 0 spiro atoms. The second-order valence-electron chi connectivity index (χ2n) is 5.46. The first-order chi connectivity index (χ1) is 11.8. The van der Waals surface area contributed by atoms with Crippen LogP contribution in [0.1, 0.15) is 0 Å². The number of nitrogens with zero attached hydrogens (tertiary/aromatic N) is 5. The zero-order valence-electron chi connectivity index (χ0n) is 13.1. The van der Waals surface area contributed by atoms with E-state index in [9.17, 15) is 4.79 Å². The highest BCUT2D eigenvalue weighted by Gasteiger charge is 2.27. The normalized spacial score (nSPS) is 15.1. The monoisotopic (exact) mass is 324 g/mol. The minimum Gasteiger partial charge on any atom is -0.481 e. The Kier molecular flexibility index (Phi) is 3.49. The Morgan fingerprint density at radius 2 is 2.12 bits per heavy atom. The molecule has 8 heteroatoms. The fourth-order valence-corrected chi connectivity index (χ4v) is 2.92. The van der Waals surface area contributed by atoms with E-state index < -0.39 is 0 Å². The molecule has 4 heterocycles. The SMILES string of the molecule is COc1cc(N2CCN(c3ncnc4[nH]ccc34)CC2=O)ccn1. The molecule has 1 aliphatic rings. The maximum atomic E-state index is 12.6. The number of hydrogen-bond donors (Lipinski definition) is 1. The van der Waals surface area contributed by atoms with Crippen LogP contribution >= 0.6 is 0 Å². The lowest BCUT2D eigenvalue weighted by Crippen LogP contribution is -2.51. The Balaban J connectivity index is 1.58. The molecular formula is C16H16N6O2. The third-order valence-electron chi connectivity index (χ3n) is 4.09. The lowest BCUT2D eigenvalue weighted by molar-refractivity contribution is -0.117. The van der Waals surface area contributed by atoms with Crippen molar-refractivity contribution in [1.82, 2.24) is 19.9 Å². The standard InChI is InChI=1S/C16H16N6O2/c1-24-13-8-11(2-4-17-13)22-7-6-21(9-14(22)23)16-12-3-5-18-15(12)19-10-20-16/h2-5,8,10H,6-7,9H2,1H3,(H,18,19,20). The highest BCUT2D eigenvalue weighted by Crippen LogP contribution is 2.26. The highest BCUT2D eigenvalue weighted by atomic mass is 16.5. The van der Waals surface area contributed by atoms with Crippen molar-refractivity contribution in [3.05, 3.63) is 36.9 Å². The van der Waals surface area contributed by atoms with Crippen LogP contribution in [0.15, 0.2) is 36.9 Å². The summed E-state index contributed by atoms with van der Waals surface area (Å²) in [5.41, 5.74) is 1.56. The molecule has 1 N–H and O–H groups in total. The van der Waals surface area contributed by atoms with Gasteiger partial charge in [0.15, 0.2) is 0 Å². The van der Waals surface area contributed by atoms with Crippen molar-refractivity contribution in [2.24, 2.45) is 0 Å². The fraction of sp³-hybridized carbons (Fsp3) is 0.250. The molecule has 0 saturated carbocycles. The van der Waals surface area contributed by atoms with Crippen molar-refractivity contribution in [2.75, 3.05) is 36.5 Å². The Morgan fingerprint density at radius 3 is 2.96 bits per heavy atom. The molecule has 0 atom stereocenters. The van der Waals surface area contributed by atoms with E-state index in [2.05, 4.69) is 19.9 Å². The molecule has 4 rings (SSSR count). The Morgan fingerprint density at radius 1 is 1.21 bits per heavy atom. The molecule has 1 saturated heterocycles. The summed E-state index contributed by atoms with van der Waals surface area (Å²) in [5, 5.41) is 0.921. The van der Waals surface area contributed by atoms with E-state index in [1.807, 2.05) is 23.2 Å². The summed E-state index contributed by atoms with van der Waals surface area (Å²) in [6.07, 6.45) is 4.98. The van der Waals surface area contributed by atoms with Crippen molar-refractivity contribution in [3.8, 4) is 5.88 Å². The van der Waals surface area contributed by atoms with Gasteiger partial charge in [-0.2, -0.15) is 0 Å². The quantitative estimate of drug-likeness (QED) is 0.779. The molecule has 0 aromatic carbocycles. The van der Waals surface area contributed by atoms with E-state index in [0.29, 0.717) is 19.0 Å². The molecule has 0 radical (unpaired) electrons. The van der Waals surface area contributed by atoms with Crippen LogP contribution < -0.4 is 14.5 Å². The third kappa shape index (κ3) is 2.41. The lowest BCUT2D eigenvalue weighted by atomic mass is 10.2. The van der Waals surface area contributed by atoms with E-state index in [0.717, 1.165) is 22.5 Å². The topological polar surface area (TPSA) is 87.2 Å². The average molecular weight is 324 g/mol. The Bertz CT molecular complexity index is 893. The smallest absolute Gasteiger partial charge is 0.246 e. The second kappa shape index (κ2) is 5.80. The number of piperazine rings is 1. The second-order valence-corrected chi connectivity index (χ2v) is 5.46. The van der Waals surface area contributed by atoms with Gasteiger partial charge < -0.3 is 19.5 Å². The number of nitrogens with one attached hydrogen (secondary N) is 1. The van der Waals surface area contributed by atoms with Gasteiger partial charge in [-0.15, -0.1) is 0 Å². The van der Waals surface area contributed by atoms with E-state index in [1.165, 1.54) is 6.33 Å². The van der Waals surface area contributed by atoms with Crippen molar-refractivity contribution in [1.29, 1.82) is 0 Å². The van der Waals surface area contributed by atoms with Crippen LogP contribution in [0.3, 0.4) is 0 Å². The van der Waals surface area contributed by atoms with Crippen LogP contribution in [-0.2, 0) is 4.79 Å². The largest absolute Gasteiger partial charge is 0.481 e. The first-order valence-corrected chi connectivity index (χ1v) is 7.60. The Hall–Kier alpha value is -3.16. The van der Waals surface area contributed by atoms with Crippen LogP contribution in [0, 0.1) is 0 Å². The third-order valence-corrected chi connectivity index (χ3v) is 4.09. The molecule has 24 heavy (non-hydrogen) atoms. The predicted molar refractivity (Wildman–Crippen MR) is 89.2 cm³/mol. The molecule has 3 aromatic heterocycles. The molecule has 3 aromatic rings. The van der Waals surface area contributed by atoms with Crippen LogP contribution in [0.2, 0.25) is 0 Å². The maximum absolute atomic E-state index is 12.6. The average Bonchev–Trinajstić information content (AvgIpc) is 3.10. The van der Waals surface area contributed by atoms with Gasteiger partial charge >= 0.3 is 0 Å². The van der Waals surface area contributed by atoms with Gasteiger partial charge in [-0.3, -0.25) is 4.79 Å². The Labute approximate surface area is 138 Å². The van der Waals surface area contributed by atoms with Crippen LogP contribution in [-0.4, -0.2) is 52.6 Å². The van der Waals surface area contributed by atoms with Crippen LogP contribution in [0.5, 0.6) is 5.88 Å². The number of aromatic amines is 1. The molecule has 0 aliphatic carbocycles. The van der Waals surface area contributed by atoms with Gasteiger partial charge in [0.25, 0.3) is 0 Å². The van der Waals surface area contributed by atoms with E-state index >= 15 is 0 Å².